The average Bonchev–Trinajstić information content (AvgIpc) is 3.65. The largest absolute Gasteiger partial charge is 0.497 e. The van der Waals surface area contributed by atoms with Gasteiger partial charge in [-0.3, -0.25) is 0 Å². The Kier molecular flexibility index (Phi) is 7.95. The summed E-state index contributed by atoms with van der Waals surface area (Å²) in [6.07, 6.45) is 4.40. The molecule has 0 saturated carbocycles. The summed E-state index contributed by atoms with van der Waals surface area (Å²) in [7, 11) is 1.66. The molecule has 4 aromatic rings. The van der Waals surface area contributed by atoms with Gasteiger partial charge in [0.25, 0.3) is 0 Å². The molecule has 0 unspecified atom stereocenters. The third-order valence-electron chi connectivity index (χ3n) is 7.65. The van der Waals surface area contributed by atoms with Gasteiger partial charge in [0.1, 0.15) is 23.6 Å². The Balaban J connectivity index is 0.00000151. The summed E-state index contributed by atoms with van der Waals surface area (Å²) in [6.45, 7) is 7.46. The molecule has 0 atom stereocenters. The lowest BCUT2D eigenvalue weighted by Gasteiger charge is -2.39. The van der Waals surface area contributed by atoms with Gasteiger partial charge < -0.3 is 24.3 Å². The lowest BCUT2D eigenvalue weighted by atomic mass is 9.78. The second kappa shape index (κ2) is 11.7. The Morgan fingerprint density at radius 2 is 1.69 bits per heavy atom. The van der Waals surface area contributed by atoms with Crippen LogP contribution in [0.1, 0.15) is 38.7 Å². The molecule has 1 N–H and O–H groups in total. The Morgan fingerprint density at radius 3 is 2.41 bits per heavy atom. The number of hydrogen-bond donors (Lipinski definition) is 1. The second-order valence-corrected chi connectivity index (χ2v) is 9.90. The normalized spacial score (nSPS) is 16.2. The molecule has 204 valence electrons. The van der Waals surface area contributed by atoms with E-state index in [4.69, 9.17) is 19.4 Å². The van der Waals surface area contributed by atoms with Crippen molar-refractivity contribution in [2.24, 2.45) is 5.41 Å². The molecule has 1 spiro atoms. The third kappa shape index (κ3) is 5.67. The first-order chi connectivity index (χ1) is 19.1. The second-order valence-electron chi connectivity index (χ2n) is 9.90. The van der Waals surface area contributed by atoms with E-state index in [0.29, 0.717) is 18.2 Å². The summed E-state index contributed by atoms with van der Waals surface area (Å²) >= 11 is 0. The third-order valence-corrected chi connectivity index (χ3v) is 7.65. The van der Waals surface area contributed by atoms with E-state index < -0.39 is 0 Å². The zero-order chi connectivity index (χ0) is 27.2. The number of hydrogen-bond acceptors (Lipinski definition) is 7. The van der Waals surface area contributed by atoms with Gasteiger partial charge in [0.15, 0.2) is 5.65 Å². The molecule has 9 nitrogen and oxygen atoms in total. The van der Waals surface area contributed by atoms with Crippen LogP contribution in [0, 0.1) is 5.41 Å². The van der Waals surface area contributed by atoms with Crippen LogP contribution in [0.2, 0.25) is 0 Å². The fourth-order valence-corrected chi connectivity index (χ4v) is 5.41. The fourth-order valence-electron chi connectivity index (χ4n) is 5.41. The quantitative estimate of drug-likeness (QED) is 0.356. The standard InChI is InChI=1S/C28H30N6O3.C2H6/c1-36-22-9-7-21(8-10-22)23-24-25(30-19-29-24)32-26(31-23)33-14-11-28(12-15-33)13-16-34(18-28)27(35)37-17-20-5-3-2-4-6-20;1-2/h2-10,19H,11-18H2,1H3,(H,29,30,31,32);1-2H3. The Morgan fingerprint density at radius 1 is 0.974 bits per heavy atom. The Bertz CT molecular complexity index is 1380. The highest BCUT2D eigenvalue weighted by molar-refractivity contribution is 5.88. The van der Waals surface area contributed by atoms with Crippen molar-refractivity contribution >= 4 is 23.2 Å². The highest BCUT2D eigenvalue weighted by Gasteiger charge is 2.43. The molecule has 1 amide bonds. The molecule has 2 fully saturated rings. The van der Waals surface area contributed by atoms with Crippen LogP contribution in [0.5, 0.6) is 5.75 Å². The number of methoxy groups -OCH3 is 1. The lowest BCUT2D eigenvalue weighted by Crippen LogP contribution is -2.43. The highest BCUT2D eigenvalue weighted by atomic mass is 16.6. The van der Waals surface area contributed by atoms with Crippen LogP contribution in [-0.4, -0.2) is 64.2 Å². The van der Waals surface area contributed by atoms with Crippen LogP contribution in [0.4, 0.5) is 10.7 Å². The van der Waals surface area contributed by atoms with Gasteiger partial charge in [-0.1, -0.05) is 44.2 Å². The van der Waals surface area contributed by atoms with Gasteiger partial charge in [0, 0.05) is 31.7 Å². The number of aromatic nitrogens is 4. The SMILES string of the molecule is CC.COc1ccc(-c2nc(N3CCC4(CCN(C(=O)OCc5ccccc5)C4)CC3)nc3nc[nH]c23)cc1. The summed E-state index contributed by atoms with van der Waals surface area (Å²) in [4.78, 5) is 34.1. The molecule has 4 heterocycles. The number of amides is 1. The van der Waals surface area contributed by atoms with E-state index in [1.165, 1.54) is 0 Å². The molecule has 6 rings (SSSR count). The van der Waals surface area contributed by atoms with Crippen molar-refractivity contribution in [3.05, 3.63) is 66.5 Å². The first kappa shape index (κ1) is 26.5. The number of rotatable bonds is 5. The van der Waals surface area contributed by atoms with Crippen molar-refractivity contribution in [1.82, 2.24) is 24.8 Å². The molecule has 2 aromatic heterocycles. The van der Waals surface area contributed by atoms with E-state index >= 15 is 0 Å². The number of H-pyrrole nitrogens is 1. The minimum absolute atomic E-state index is 0.123. The van der Waals surface area contributed by atoms with Crippen molar-refractivity contribution in [2.75, 3.05) is 38.2 Å². The number of benzene rings is 2. The van der Waals surface area contributed by atoms with Gasteiger partial charge in [-0.15, -0.1) is 0 Å². The number of likely N-dealkylation sites (tertiary alicyclic amines) is 1. The van der Waals surface area contributed by atoms with Crippen molar-refractivity contribution in [2.45, 2.75) is 39.7 Å². The van der Waals surface area contributed by atoms with E-state index in [9.17, 15) is 4.79 Å². The topological polar surface area (TPSA) is 96.5 Å². The molecular weight excluding hydrogens is 492 g/mol. The maximum atomic E-state index is 12.7. The zero-order valence-corrected chi connectivity index (χ0v) is 22.9. The maximum absolute atomic E-state index is 12.7. The first-order valence-electron chi connectivity index (χ1n) is 13.7. The smallest absolute Gasteiger partial charge is 0.410 e. The number of aromatic amines is 1. The molecule has 0 bridgehead atoms. The van der Waals surface area contributed by atoms with Gasteiger partial charge in [-0.25, -0.2) is 14.8 Å². The van der Waals surface area contributed by atoms with Crippen molar-refractivity contribution in [3.63, 3.8) is 0 Å². The van der Waals surface area contributed by atoms with Crippen molar-refractivity contribution in [3.8, 4) is 17.0 Å². The molecule has 2 saturated heterocycles. The zero-order valence-electron chi connectivity index (χ0n) is 22.9. The molecule has 0 radical (unpaired) electrons. The highest BCUT2D eigenvalue weighted by Crippen LogP contribution is 2.41. The summed E-state index contributed by atoms with van der Waals surface area (Å²) in [6, 6.07) is 17.7. The van der Waals surface area contributed by atoms with Crippen LogP contribution in [0.15, 0.2) is 60.9 Å². The van der Waals surface area contributed by atoms with Gasteiger partial charge in [-0.2, -0.15) is 4.98 Å². The summed E-state index contributed by atoms with van der Waals surface area (Å²) < 4.78 is 10.9. The predicted molar refractivity (Wildman–Crippen MR) is 152 cm³/mol. The number of carbonyl (C=O) groups is 1. The van der Waals surface area contributed by atoms with E-state index in [2.05, 4.69) is 14.9 Å². The minimum Gasteiger partial charge on any atom is -0.497 e. The van der Waals surface area contributed by atoms with Gasteiger partial charge in [0.2, 0.25) is 5.95 Å². The number of fused-ring (bicyclic) bond motifs is 1. The molecule has 2 aliphatic rings. The average molecular weight is 529 g/mol. The number of nitrogens with zero attached hydrogens (tertiary/aromatic N) is 5. The van der Waals surface area contributed by atoms with E-state index in [1.807, 2.05) is 73.3 Å². The van der Waals surface area contributed by atoms with Gasteiger partial charge in [-0.05, 0) is 54.5 Å². The number of anilines is 1. The molecule has 0 aliphatic carbocycles. The summed E-state index contributed by atoms with van der Waals surface area (Å²) in [5.74, 6) is 1.49. The van der Waals surface area contributed by atoms with Gasteiger partial charge >= 0.3 is 6.09 Å². The van der Waals surface area contributed by atoms with E-state index in [1.54, 1.807) is 13.4 Å². The first-order valence-corrected chi connectivity index (χ1v) is 13.7. The van der Waals surface area contributed by atoms with Crippen LogP contribution >= 0.6 is 0 Å². The van der Waals surface area contributed by atoms with Crippen molar-refractivity contribution in [1.29, 1.82) is 0 Å². The number of carbonyl (C=O) groups excluding carboxylic acids is 1. The summed E-state index contributed by atoms with van der Waals surface area (Å²) in [5.41, 5.74) is 4.41. The van der Waals surface area contributed by atoms with E-state index in [0.717, 1.165) is 73.5 Å². The van der Waals surface area contributed by atoms with Crippen LogP contribution in [0.3, 0.4) is 0 Å². The number of piperidine rings is 1. The number of ether oxygens (including phenoxy) is 2. The Hall–Kier alpha value is -4.14. The monoisotopic (exact) mass is 528 g/mol. The molecular formula is C30H36N6O3. The van der Waals surface area contributed by atoms with Gasteiger partial charge in [0.05, 0.1) is 13.4 Å². The number of imidazole rings is 1. The molecule has 9 heteroatoms. The van der Waals surface area contributed by atoms with Crippen LogP contribution in [0.25, 0.3) is 22.4 Å². The summed E-state index contributed by atoms with van der Waals surface area (Å²) in [5, 5.41) is 0. The number of nitrogens with one attached hydrogen (secondary N) is 1. The van der Waals surface area contributed by atoms with Crippen LogP contribution < -0.4 is 9.64 Å². The Labute approximate surface area is 229 Å². The lowest BCUT2D eigenvalue weighted by molar-refractivity contribution is 0.0974. The van der Waals surface area contributed by atoms with E-state index in [-0.39, 0.29) is 11.5 Å². The molecule has 2 aliphatic heterocycles. The van der Waals surface area contributed by atoms with Crippen molar-refractivity contribution < 1.29 is 14.3 Å². The van der Waals surface area contributed by atoms with Crippen LogP contribution in [-0.2, 0) is 11.3 Å². The fraction of sp³-hybridized carbons (Fsp3) is 0.400. The molecule has 2 aromatic carbocycles. The minimum atomic E-state index is -0.223. The molecule has 39 heavy (non-hydrogen) atoms. The maximum Gasteiger partial charge on any atom is 0.410 e. The predicted octanol–water partition coefficient (Wildman–Crippen LogP) is 5.68.